The van der Waals surface area contributed by atoms with Crippen LogP contribution in [0.3, 0.4) is 0 Å². The Balaban J connectivity index is 4.75. The van der Waals surface area contributed by atoms with Crippen LogP contribution in [0.1, 0.15) is 47.0 Å². The summed E-state index contributed by atoms with van der Waals surface area (Å²) in [4.78, 5) is 30.4. The quantitative estimate of drug-likeness (QED) is 0.488. The van der Waals surface area contributed by atoms with Crippen LogP contribution in [0.2, 0.25) is 0 Å². The number of rotatable bonds is 13. The fourth-order valence-corrected chi connectivity index (χ4v) is 2.47. The van der Waals surface area contributed by atoms with Gasteiger partial charge >= 0.3 is 0 Å². The van der Waals surface area contributed by atoms with Crippen LogP contribution in [0.25, 0.3) is 0 Å². The van der Waals surface area contributed by atoms with Crippen LogP contribution in [0, 0.1) is 0 Å². The maximum Gasteiger partial charge on any atom is 0.237 e. The van der Waals surface area contributed by atoms with E-state index in [1.54, 1.807) is 11.0 Å². The van der Waals surface area contributed by atoms with Crippen molar-refractivity contribution in [2.75, 3.05) is 45.8 Å². The zero-order valence-electron chi connectivity index (χ0n) is 15.5. The predicted molar refractivity (Wildman–Crippen MR) is 96.3 cm³/mol. The monoisotopic (exact) mass is 325 g/mol. The van der Waals surface area contributed by atoms with Gasteiger partial charge in [-0.25, -0.2) is 0 Å². The Bertz CT molecular complexity index is 358. The van der Waals surface area contributed by atoms with Crippen molar-refractivity contribution in [1.82, 2.24) is 14.7 Å². The summed E-state index contributed by atoms with van der Waals surface area (Å²) in [6, 6.07) is 0. The predicted octanol–water partition coefficient (Wildman–Crippen LogP) is 2.38. The van der Waals surface area contributed by atoms with Crippen molar-refractivity contribution in [3.8, 4) is 0 Å². The van der Waals surface area contributed by atoms with Crippen LogP contribution in [0.15, 0.2) is 12.7 Å². The number of amides is 2. The van der Waals surface area contributed by atoms with Gasteiger partial charge in [0.15, 0.2) is 0 Å². The first-order chi connectivity index (χ1) is 11.0. The van der Waals surface area contributed by atoms with E-state index in [2.05, 4.69) is 20.4 Å². The van der Waals surface area contributed by atoms with E-state index in [1.807, 2.05) is 23.6 Å². The second-order valence-electron chi connectivity index (χ2n) is 5.76. The number of carbonyl (C=O) groups is 2. The van der Waals surface area contributed by atoms with Crippen molar-refractivity contribution in [1.29, 1.82) is 0 Å². The van der Waals surface area contributed by atoms with Crippen molar-refractivity contribution in [2.45, 2.75) is 47.0 Å². The topological polar surface area (TPSA) is 43.9 Å². The lowest BCUT2D eigenvalue weighted by Crippen LogP contribution is -2.46. The van der Waals surface area contributed by atoms with Gasteiger partial charge in [-0.05, 0) is 33.2 Å². The third kappa shape index (κ3) is 8.74. The number of nitrogens with zero attached hydrogens (tertiary/aromatic N) is 3. The summed E-state index contributed by atoms with van der Waals surface area (Å²) in [6.45, 7) is 16.0. The molecule has 0 aliphatic rings. The molecule has 2 amide bonds. The first-order valence-electron chi connectivity index (χ1n) is 8.92. The van der Waals surface area contributed by atoms with E-state index in [9.17, 15) is 9.59 Å². The summed E-state index contributed by atoms with van der Waals surface area (Å²) < 4.78 is 0. The fourth-order valence-electron chi connectivity index (χ4n) is 2.47. The van der Waals surface area contributed by atoms with Crippen molar-refractivity contribution >= 4 is 11.8 Å². The molecule has 0 N–H and O–H groups in total. The van der Waals surface area contributed by atoms with E-state index < -0.39 is 0 Å². The normalized spacial score (nSPS) is 10.7. The lowest BCUT2D eigenvalue weighted by atomic mass is 10.3. The molecule has 0 bridgehead atoms. The van der Waals surface area contributed by atoms with Gasteiger partial charge in [0.2, 0.25) is 11.8 Å². The zero-order chi connectivity index (χ0) is 17.7. The van der Waals surface area contributed by atoms with Gasteiger partial charge in [-0.15, -0.1) is 6.58 Å². The molecule has 0 unspecified atom stereocenters. The molecule has 23 heavy (non-hydrogen) atoms. The summed E-state index contributed by atoms with van der Waals surface area (Å²) in [5, 5.41) is 0. The van der Waals surface area contributed by atoms with Crippen molar-refractivity contribution in [3.63, 3.8) is 0 Å². The Morgan fingerprint density at radius 1 is 0.870 bits per heavy atom. The number of unbranched alkanes of at least 4 members (excludes halogenated alkanes) is 1. The molecule has 0 fully saturated rings. The van der Waals surface area contributed by atoms with E-state index in [1.165, 1.54) is 0 Å². The number of hydrogen-bond donors (Lipinski definition) is 0. The molecule has 134 valence electrons. The van der Waals surface area contributed by atoms with E-state index in [0.29, 0.717) is 26.2 Å². The second kappa shape index (κ2) is 13.1. The molecule has 0 radical (unpaired) electrons. The minimum absolute atomic E-state index is 0.0647. The molecule has 0 atom stereocenters. The molecule has 0 heterocycles. The minimum atomic E-state index is 0.0647. The van der Waals surface area contributed by atoms with E-state index in [-0.39, 0.29) is 11.8 Å². The third-order valence-corrected chi connectivity index (χ3v) is 3.86. The lowest BCUT2D eigenvalue weighted by Gasteiger charge is -2.28. The summed E-state index contributed by atoms with van der Waals surface area (Å²) in [7, 11) is 0. The molecule has 0 aromatic rings. The second-order valence-corrected chi connectivity index (χ2v) is 5.76. The molecule has 5 heteroatoms. The van der Waals surface area contributed by atoms with Crippen molar-refractivity contribution < 1.29 is 9.59 Å². The molecule has 0 aliphatic heterocycles. The molecule has 0 aliphatic carbocycles. The van der Waals surface area contributed by atoms with E-state index >= 15 is 0 Å². The smallest absolute Gasteiger partial charge is 0.237 e. The van der Waals surface area contributed by atoms with Gasteiger partial charge in [-0.2, -0.15) is 0 Å². The summed E-state index contributed by atoms with van der Waals surface area (Å²) in [6.07, 6.45) is 4.74. The molecule has 0 rings (SSSR count). The first-order valence-corrected chi connectivity index (χ1v) is 8.92. The van der Waals surface area contributed by atoms with Gasteiger partial charge in [0.05, 0.1) is 13.1 Å². The number of hydrogen-bond acceptors (Lipinski definition) is 3. The minimum Gasteiger partial charge on any atom is -0.342 e. The molecule has 0 saturated carbocycles. The Hall–Kier alpha value is -1.36. The Morgan fingerprint density at radius 3 is 1.87 bits per heavy atom. The summed E-state index contributed by atoms with van der Waals surface area (Å²) in [5.74, 6) is 0.180. The Morgan fingerprint density at radius 2 is 1.43 bits per heavy atom. The third-order valence-electron chi connectivity index (χ3n) is 3.86. The first kappa shape index (κ1) is 21.6. The molecule has 0 aromatic carbocycles. The van der Waals surface area contributed by atoms with Crippen LogP contribution in [-0.2, 0) is 9.59 Å². The Labute approximate surface area is 142 Å². The SMILES string of the molecule is C=CCN(CC)C(=O)CN(CCCC)CC(=O)N(CC)CCC. The maximum atomic E-state index is 12.4. The average molecular weight is 325 g/mol. The van der Waals surface area contributed by atoms with Crippen molar-refractivity contribution in [3.05, 3.63) is 12.7 Å². The van der Waals surface area contributed by atoms with Crippen LogP contribution in [0.4, 0.5) is 0 Å². The highest BCUT2D eigenvalue weighted by atomic mass is 16.2. The van der Waals surface area contributed by atoms with Gasteiger partial charge in [0, 0.05) is 26.2 Å². The van der Waals surface area contributed by atoms with Gasteiger partial charge in [-0.1, -0.05) is 26.3 Å². The average Bonchev–Trinajstić information content (AvgIpc) is 2.54. The van der Waals surface area contributed by atoms with Crippen LogP contribution in [-0.4, -0.2) is 72.3 Å². The van der Waals surface area contributed by atoms with Crippen LogP contribution in [0.5, 0.6) is 0 Å². The van der Waals surface area contributed by atoms with Gasteiger partial charge in [-0.3, -0.25) is 14.5 Å². The van der Waals surface area contributed by atoms with Crippen molar-refractivity contribution in [2.24, 2.45) is 0 Å². The highest BCUT2D eigenvalue weighted by Gasteiger charge is 2.19. The molecule has 0 saturated heterocycles. The molecular weight excluding hydrogens is 290 g/mol. The molecular formula is C18H35N3O2. The fraction of sp³-hybridized carbons (Fsp3) is 0.778. The Kier molecular flexibility index (Phi) is 12.3. The molecule has 0 aromatic heterocycles. The molecule has 5 nitrogen and oxygen atoms in total. The van der Waals surface area contributed by atoms with E-state index in [0.717, 1.165) is 38.9 Å². The highest BCUT2D eigenvalue weighted by molar-refractivity contribution is 5.81. The maximum absolute atomic E-state index is 12.4. The lowest BCUT2D eigenvalue weighted by molar-refractivity contribution is -0.135. The summed E-state index contributed by atoms with van der Waals surface area (Å²) >= 11 is 0. The zero-order valence-corrected chi connectivity index (χ0v) is 15.5. The van der Waals surface area contributed by atoms with Gasteiger partial charge < -0.3 is 9.80 Å². The van der Waals surface area contributed by atoms with Crippen LogP contribution >= 0.6 is 0 Å². The highest BCUT2D eigenvalue weighted by Crippen LogP contribution is 2.02. The van der Waals surface area contributed by atoms with E-state index in [4.69, 9.17) is 0 Å². The molecule has 0 spiro atoms. The largest absolute Gasteiger partial charge is 0.342 e. The van der Waals surface area contributed by atoms with Gasteiger partial charge in [0.1, 0.15) is 0 Å². The standard InChI is InChI=1S/C18H35N3O2/c1-6-11-14-19(15-17(22)20(9-4)12-7-2)16-18(23)21(10-5)13-8-3/h7H,2,6,8-16H2,1,3-5H3. The van der Waals surface area contributed by atoms with Gasteiger partial charge in [0.25, 0.3) is 0 Å². The van der Waals surface area contributed by atoms with Crippen LogP contribution < -0.4 is 0 Å². The number of likely N-dealkylation sites (N-methyl/N-ethyl adjacent to an activating group) is 2. The number of carbonyl (C=O) groups excluding carboxylic acids is 2. The summed E-state index contributed by atoms with van der Waals surface area (Å²) in [5.41, 5.74) is 0.